The summed E-state index contributed by atoms with van der Waals surface area (Å²) in [6, 6.07) is 20.5. The number of anilines is 2. The minimum absolute atomic E-state index is 0.287. The van der Waals surface area contributed by atoms with E-state index in [4.69, 9.17) is 4.74 Å². The molecular formula is C31H43N7O. The Morgan fingerprint density at radius 2 is 1.56 bits per heavy atom. The van der Waals surface area contributed by atoms with Crippen molar-refractivity contribution in [2.75, 3.05) is 30.0 Å². The topological polar surface area (TPSA) is 88.4 Å². The molecule has 0 fully saturated rings. The van der Waals surface area contributed by atoms with Crippen molar-refractivity contribution in [1.29, 1.82) is 0 Å². The molecule has 0 aliphatic carbocycles. The largest absolute Gasteiger partial charge is 0.463 e. The summed E-state index contributed by atoms with van der Waals surface area (Å²) in [7, 11) is 0. The van der Waals surface area contributed by atoms with Crippen LogP contribution < -0.4 is 15.1 Å². The molecule has 0 atom stereocenters. The van der Waals surface area contributed by atoms with Gasteiger partial charge in [-0.15, -0.1) is 0 Å². The minimum atomic E-state index is 0.287. The summed E-state index contributed by atoms with van der Waals surface area (Å²) in [5.41, 5.74) is 4.92. The SMILES string of the molecule is CC.CC.CCCN(CCC)c1nc(/C=N/Nc2ccc3ccccc3c2)nc(OCCc2ccccn2)n1. The molecule has 8 nitrogen and oxygen atoms in total. The molecule has 0 spiro atoms. The van der Waals surface area contributed by atoms with Crippen LogP contribution in [0.2, 0.25) is 0 Å². The average molecular weight is 530 g/mol. The van der Waals surface area contributed by atoms with Crippen molar-refractivity contribution in [3.8, 4) is 6.01 Å². The van der Waals surface area contributed by atoms with E-state index in [1.165, 1.54) is 5.39 Å². The van der Waals surface area contributed by atoms with Crippen molar-refractivity contribution >= 4 is 28.6 Å². The monoisotopic (exact) mass is 529 g/mol. The van der Waals surface area contributed by atoms with Gasteiger partial charge in [0.15, 0.2) is 5.82 Å². The quantitative estimate of drug-likeness (QED) is 0.154. The van der Waals surface area contributed by atoms with Crippen LogP contribution in [0.3, 0.4) is 0 Å². The van der Waals surface area contributed by atoms with Gasteiger partial charge in [-0.2, -0.15) is 20.1 Å². The number of pyridine rings is 1. The lowest BCUT2D eigenvalue weighted by Gasteiger charge is -2.21. The number of aromatic nitrogens is 4. The summed E-state index contributed by atoms with van der Waals surface area (Å²) < 4.78 is 5.90. The van der Waals surface area contributed by atoms with Gasteiger partial charge in [0.2, 0.25) is 5.95 Å². The van der Waals surface area contributed by atoms with E-state index < -0.39 is 0 Å². The molecule has 39 heavy (non-hydrogen) atoms. The van der Waals surface area contributed by atoms with E-state index in [1.807, 2.05) is 64.1 Å². The van der Waals surface area contributed by atoms with Crippen molar-refractivity contribution < 1.29 is 4.74 Å². The van der Waals surface area contributed by atoms with Gasteiger partial charge in [-0.1, -0.05) is 77.9 Å². The number of hydrogen-bond donors (Lipinski definition) is 1. The van der Waals surface area contributed by atoms with Crippen LogP contribution in [0.4, 0.5) is 11.6 Å². The molecule has 1 N–H and O–H groups in total. The van der Waals surface area contributed by atoms with Crippen molar-refractivity contribution in [2.45, 2.75) is 60.8 Å². The molecule has 0 radical (unpaired) electrons. The van der Waals surface area contributed by atoms with Crippen LogP contribution >= 0.6 is 0 Å². The van der Waals surface area contributed by atoms with Crippen molar-refractivity contribution in [2.24, 2.45) is 5.10 Å². The van der Waals surface area contributed by atoms with Gasteiger partial charge in [-0.25, -0.2) is 0 Å². The normalized spacial score (nSPS) is 10.3. The first-order chi connectivity index (χ1) is 19.2. The second-order valence-electron chi connectivity index (χ2n) is 8.11. The highest BCUT2D eigenvalue weighted by atomic mass is 16.5. The minimum Gasteiger partial charge on any atom is -0.463 e. The molecule has 0 unspecified atom stereocenters. The van der Waals surface area contributed by atoms with Crippen LogP contribution in [0, 0.1) is 0 Å². The molecule has 0 amide bonds. The zero-order valence-corrected chi connectivity index (χ0v) is 24.3. The molecule has 2 aromatic carbocycles. The molecule has 2 aromatic heterocycles. The molecule has 0 aliphatic heterocycles. The highest BCUT2D eigenvalue weighted by Crippen LogP contribution is 2.19. The van der Waals surface area contributed by atoms with Crippen LogP contribution in [0.15, 0.2) is 72.0 Å². The van der Waals surface area contributed by atoms with Crippen LogP contribution in [0.25, 0.3) is 10.8 Å². The summed E-state index contributed by atoms with van der Waals surface area (Å²) >= 11 is 0. The van der Waals surface area contributed by atoms with Crippen LogP contribution in [0.1, 0.15) is 65.9 Å². The molecule has 4 rings (SSSR count). The van der Waals surface area contributed by atoms with Crippen molar-refractivity contribution in [1.82, 2.24) is 19.9 Å². The molecule has 208 valence electrons. The third kappa shape index (κ3) is 10.3. The smallest absolute Gasteiger partial charge is 0.321 e. The van der Waals surface area contributed by atoms with E-state index in [0.29, 0.717) is 24.8 Å². The average Bonchev–Trinajstić information content (AvgIpc) is 2.99. The lowest BCUT2D eigenvalue weighted by molar-refractivity contribution is 0.293. The summed E-state index contributed by atoms with van der Waals surface area (Å²) in [5, 5.41) is 6.70. The second kappa shape index (κ2) is 18.2. The molecular weight excluding hydrogens is 486 g/mol. The van der Waals surface area contributed by atoms with E-state index in [1.54, 1.807) is 12.4 Å². The Labute approximate surface area is 233 Å². The molecule has 0 saturated carbocycles. The summed E-state index contributed by atoms with van der Waals surface area (Å²) in [6.07, 6.45) is 6.04. The van der Waals surface area contributed by atoms with E-state index in [0.717, 1.165) is 42.7 Å². The maximum Gasteiger partial charge on any atom is 0.321 e. The Kier molecular flexibility index (Phi) is 14.6. The summed E-state index contributed by atoms with van der Waals surface area (Å²) in [4.78, 5) is 20.2. The Morgan fingerprint density at radius 1 is 0.846 bits per heavy atom. The molecule has 2 heterocycles. The van der Waals surface area contributed by atoms with Gasteiger partial charge in [0.1, 0.15) is 0 Å². The number of nitrogens with zero attached hydrogens (tertiary/aromatic N) is 6. The highest BCUT2D eigenvalue weighted by molar-refractivity contribution is 5.86. The summed E-state index contributed by atoms with van der Waals surface area (Å²) in [6.45, 7) is 14.4. The van der Waals surface area contributed by atoms with E-state index in [2.05, 4.69) is 73.5 Å². The van der Waals surface area contributed by atoms with Crippen molar-refractivity contribution in [3.63, 3.8) is 0 Å². The summed E-state index contributed by atoms with van der Waals surface area (Å²) in [5.74, 6) is 1.04. The first kappa shape index (κ1) is 31.1. The van der Waals surface area contributed by atoms with Crippen molar-refractivity contribution in [3.05, 3.63) is 78.4 Å². The van der Waals surface area contributed by atoms with Gasteiger partial charge in [0.05, 0.1) is 18.5 Å². The van der Waals surface area contributed by atoms with E-state index >= 15 is 0 Å². The Balaban J connectivity index is 0.00000127. The Bertz CT molecular complexity index is 1240. The number of fused-ring (bicyclic) bond motifs is 1. The highest BCUT2D eigenvalue weighted by Gasteiger charge is 2.13. The van der Waals surface area contributed by atoms with Crippen LogP contribution in [-0.2, 0) is 6.42 Å². The predicted molar refractivity (Wildman–Crippen MR) is 164 cm³/mol. The number of rotatable bonds is 12. The number of nitrogens with one attached hydrogen (secondary N) is 1. The predicted octanol–water partition coefficient (Wildman–Crippen LogP) is 7.17. The fourth-order valence-electron chi connectivity index (χ4n) is 3.69. The van der Waals surface area contributed by atoms with Crippen LogP contribution in [-0.4, -0.2) is 45.8 Å². The van der Waals surface area contributed by atoms with Gasteiger partial charge in [0, 0.05) is 31.4 Å². The Morgan fingerprint density at radius 3 is 2.26 bits per heavy atom. The first-order valence-electron chi connectivity index (χ1n) is 14.1. The van der Waals surface area contributed by atoms with Gasteiger partial charge < -0.3 is 9.64 Å². The van der Waals surface area contributed by atoms with Gasteiger partial charge in [-0.3, -0.25) is 10.4 Å². The lowest BCUT2D eigenvalue weighted by atomic mass is 10.1. The maximum absolute atomic E-state index is 5.90. The van der Waals surface area contributed by atoms with Crippen LogP contribution in [0.5, 0.6) is 6.01 Å². The maximum atomic E-state index is 5.90. The fraction of sp³-hybridized carbons (Fsp3) is 0.387. The zero-order valence-electron chi connectivity index (χ0n) is 24.3. The fourth-order valence-corrected chi connectivity index (χ4v) is 3.69. The second-order valence-corrected chi connectivity index (χ2v) is 8.11. The zero-order chi connectivity index (χ0) is 28.3. The first-order valence-corrected chi connectivity index (χ1v) is 14.1. The number of benzene rings is 2. The molecule has 0 saturated heterocycles. The standard InChI is InChI=1S/C27H31N7O.2C2H6/c1-3-16-34(17-4-2)26-30-25(31-27(32-26)35-18-14-23-11-7-8-15-28-23)20-29-33-24-13-12-21-9-5-6-10-22(21)19-24;2*1-2/h5-13,15,19-20,33H,3-4,14,16-18H2,1-2H3;2*1-2H3/b29-20+;;. The van der Waals surface area contributed by atoms with Gasteiger partial charge >= 0.3 is 6.01 Å². The Hall–Kier alpha value is -4.07. The number of hydrogen-bond acceptors (Lipinski definition) is 8. The lowest BCUT2D eigenvalue weighted by Crippen LogP contribution is -2.27. The third-order valence-electron chi connectivity index (χ3n) is 5.33. The van der Waals surface area contributed by atoms with E-state index in [-0.39, 0.29) is 6.01 Å². The molecule has 0 bridgehead atoms. The number of ether oxygens (including phenoxy) is 1. The number of hydrazone groups is 1. The van der Waals surface area contributed by atoms with E-state index in [9.17, 15) is 0 Å². The molecule has 8 heteroatoms. The van der Waals surface area contributed by atoms with Gasteiger partial charge in [0.25, 0.3) is 0 Å². The molecule has 0 aliphatic rings. The molecule has 4 aromatic rings. The van der Waals surface area contributed by atoms with Gasteiger partial charge in [-0.05, 0) is 47.9 Å². The third-order valence-corrected chi connectivity index (χ3v) is 5.33.